The molecular weight excluding hydrogens is 287 g/mol. The lowest BCUT2D eigenvalue weighted by Crippen LogP contribution is -2.40. The van der Waals surface area contributed by atoms with Gasteiger partial charge in [-0.25, -0.2) is 4.39 Å². The predicted molar refractivity (Wildman–Crippen MR) is 70.2 cm³/mol. The molecule has 1 aromatic carbocycles. The van der Waals surface area contributed by atoms with Crippen molar-refractivity contribution in [3.63, 3.8) is 0 Å². The van der Waals surface area contributed by atoms with Crippen molar-refractivity contribution in [2.24, 2.45) is 5.73 Å². The average Bonchev–Trinajstić information content (AvgIpc) is 2.41. The summed E-state index contributed by atoms with van der Waals surface area (Å²) >= 11 is 0.676. The maximum absolute atomic E-state index is 13.1. The van der Waals surface area contributed by atoms with E-state index < -0.39 is 22.9 Å². The number of nitrogens with two attached hydrogens (primary N) is 1. The lowest BCUT2D eigenvalue weighted by atomic mass is 10.1. The molecule has 20 heavy (non-hydrogen) atoms. The number of nitrogens with zero attached hydrogens (tertiary/aromatic N) is 1. The van der Waals surface area contributed by atoms with Crippen molar-refractivity contribution in [3.8, 4) is 0 Å². The molecule has 0 spiro atoms. The summed E-state index contributed by atoms with van der Waals surface area (Å²) in [5.74, 6) is -1.57. The van der Waals surface area contributed by atoms with Crippen LogP contribution in [0.4, 0.5) is 10.1 Å². The van der Waals surface area contributed by atoms with Crippen molar-refractivity contribution in [2.75, 3.05) is 5.06 Å². The number of carbonyl (C=O) groups excluding carboxylic acids is 3. The fourth-order valence-electron chi connectivity index (χ4n) is 1.65. The van der Waals surface area contributed by atoms with Crippen LogP contribution in [0.1, 0.15) is 23.2 Å². The normalized spacial score (nSPS) is 14.4. The SMILES string of the molecule is NC(=O)C(CCC=O)SON1C(=O)c2ccc(F)cc21. The molecule has 8 heteroatoms. The minimum absolute atomic E-state index is 0.156. The Balaban J connectivity index is 1.99. The van der Waals surface area contributed by atoms with Gasteiger partial charge < -0.3 is 10.5 Å². The van der Waals surface area contributed by atoms with Crippen LogP contribution in [-0.4, -0.2) is 23.4 Å². The second kappa shape index (κ2) is 6.02. The van der Waals surface area contributed by atoms with Crippen LogP contribution in [0.15, 0.2) is 18.2 Å². The van der Waals surface area contributed by atoms with E-state index in [1.807, 2.05) is 0 Å². The molecule has 1 atom stereocenters. The zero-order valence-electron chi connectivity index (χ0n) is 10.2. The summed E-state index contributed by atoms with van der Waals surface area (Å²) in [5, 5.41) is 0.130. The van der Waals surface area contributed by atoms with Gasteiger partial charge in [0, 0.05) is 24.5 Å². The number of halogens is 1. The zero-order chi connectivity index (χ0) is 14.7. The molecule has 0 saturated heterocycles. The summed E-state index contributed by atoms with van der Waals surface area (Å²) in [6.07, 6.45) is 1.03. The fourth-order valence-corrected chi connectivity index (χ4v) is 2.31. The molecule has 0 aliphatic carbocycles. The molecule has 0 radical (unpaired) electrons. The van der Waals surface area contributed by atoms with Gasteiger partial charge >= 0.3 is 0 Å². The highest BCUT2D eigenvalue weighted by atomic mass is 32.2. The number of hydroxylamine groups is 1. The molecule has 1 aliphatic heterocycles. The smallest absolute Gasteiger partial charge is 0.285 e. The molecule has 0 aromatic heterocycles. The summed E-state index contributed by atoms with van der Waals surface area (Å²) in [7, 11) is 0. The minimum Gasteiger partial charge on any atom is -0.369 e. The van der Waals surface area contributed by atoms with Crippen molar-refractivity contribution < 1.29 is 23.1 Å². The van der Waals surface area contributed by atoms with Gasteiger partial charge in [-0.2, -0.15) is 9.35 Å². The van der Waals surface area contributed by atoms with E-state index in [-0.39, 0.29) is 12.8 Å². The molecule has 106 valence electrons. The molecule has 0 fully saturated rings. The molecule has 2 N–H and O–H groups in total. The van der Waals surface area contributed by atoms with Crippen molar-refractivity contribution in [1.29, 1.82) is 0 Å². The lowest BCUT2D eigenvalue weighted by Gasteiger charge is -2.31. The molecule has 0 saturated carbocycles. The van der Waals surface area contributed by atoms with Gasteiger partial charge in [0.05, 0.1) is 11.3 Å². The van der Waals surface area contributed by atoms with Crippen molar-refractivity contribution >= 4 is 35.8 Å². The fraction of sp³-hybridized carbons (Fsp3) is 0.250. The van der Waals surface area contributed by atoms with E-state index in [4.69, 9.17) is 10.0 Å². The number of hydrogen-bond donors (Lipinski definition) is 1. The summed E-state index contributed by atoms with van der Waals surface area (Å²) in [6, 6.07) is 3.69. The highest BCUT2D eigenvalue weighted by Gasteiger charge is 2.36. The van der Waals surface area contributed by atoms with Crippen LogP contribution in [0.3, 0.4) is 0 Å². The third-order valence-corrected chi connectivity index (χ3v) is 3.63. The van der Waals surface area contributed by atoms with E-state index in [1.54, 1.807) is 0 Å². The number of benzene rings is 1. The molecule has 1 unspecified atom stereocenters. The zero-order valence-corrected chi connectivity index (χ0v) is 11.1. The molecule has 6 nitrogen and oxygen atoms in total. The van der Waals surface area contributed by atoms with Crippen LogP contribution in [-0.2, 0) is 13.9 Å². The first kappa shape index (κ1) is 14.5. The maximum Gasteiger partial charge on any atom is 0.285 e. The van der Waals surface area contributed by atoms with E-state index >= 15 is 0 Å². The molecule has 1 aliphatic rings. The Morgan fingerprint density at radius 2 is 2.30 bits per heavy atom. The van der Waals surface area contributed by atoms with Crippen LogP contribution in [0.25, 0.3) is 0 Å². The van der Waals surface area contributed by atoms with Gasteiger partial charge in [-0.15, -0.1) is 0 Å². The largest absolute Gasteiger partial charge is 0.369 e. The van der Waals surface area contributed by atoms with Gasteiger partial charge in [0.1, 0.15) is 17.4 Å². The first-order valence-corrected chi connectivity index (χ1v) is 6.55. The number of anilines is 1. The van der Waals surface area contributed by atoms with Crippen molar-refractivity contribution in [3.05, 3.63) is 29.6 Å². The highest BCUT2D eigenvalue weighted by molar-refractivity contribution is 7.96. The monoisotopic (exact) mass is 298 g/mol. The number of aldehydes is 1. The summed E-state index contributed by atoms with van der Waals surface area (Å²) < 4.78 is 18.2. The molecule has 2 amide bonds. The summed E-state index contributed by atoms with van der Waals surface area (Å²) in [4.78, 5) is 33.1. The molecular formula is C12H11FN2O4S. The molecule has 2 rings (SSSR count). The van der Waals surface area contributed by atoms with Crippen LogP contribution in [0.5, 0.6) is 0 Å². The highest BCUT2D eigenvalue weighted by Crippen LogP contribution is 2.36. The Bertz CT molecular complexity index is 566. The Morgan fingerprint density at radius 3 is 2.95 bits per heavy atom. The second-order valence-electron chi connectivity index (χ2n) is 4.07. The topological polar surface area (TPSA) is 89.7 Å². The predicted octanol–water partition coefficient (Wildman–Crippen LogP) is 1.20. The Morgan fingerprint density at radius 1 is 1.55 bits per heavy atom. The van der Waals surface area contributed by atoms with E-state index in [1.165, 1.54) is 12.1 Å². The lowest BCUT2D eigenvalue weighted by molar-refractivity contribution is -0.117. The van der Waals surface area contributed by atoms with E-state index in [0.29, 0.717) is 29.6 Å². The Kier molecular flexibility index (Phi) is 4.35. The summed E-state index contributed by atoms with van der Waals surface area (Å²) in [6.45, 7) is 0. The molecule has 0 bridgehead atoms. The number of primary amides is 1. The molecule has 1 aromatic rings. The third-order valence-electron chi connectivity index (χ3n) is 2.69. The quantitative estimate of drug-likeness (QED) is 0.603. The number of carbonyl (C=O) groups is 3. The average molecular weight is 298 g/mol. The number of amides is 2. The third kappa shape index (κ3) is 2.81. The van der Waals surface area contributed by atoms with E-state index in [0.717, 1.165) is 11.1 Å². The van der Waals surface area contributed by atoms with Gasteiger partial charge in [0.15, 0.2) is 0 Å². The Hall–Kier alpha value is -1.93. The minimum atomic E-state index is -0.759. The number of rotatable bonds is 7. The summed E-state index contributed by atoms with van der Waals surface area (Å²) in [5.41, 5.74) is 5.79. The first-order valence-electron chi connectivity index (χ1n) is 5.75. The standard InChI is InChI=1S/C12H11FN2O4S/c13-7-3-4-8-9(6-7)15(12(8)18)19-20-10(11(14)17)2-1-5-16/h3-6,10H,1-2H2,(H2,14,17). The Labute approximate surface area is 118 Å². The van der Waals surface area contributed by atoms with Crippen LogP contribution in [0.2, 0.25) is 0 Å². The number of hydrogen-bond acceptors (Lipinski definition) is 5. The van der Waals surface area contributed by atoms with Crippen LogP contribution < -0.4 is 10.8 Å². The van der Waals surface area contributed by atoms with Gasteiger partial charge in [-0.1, -0.05) is 0 Å². The van der Waals surface area contributed by atoms with E-state index in [9.17, 15) is 18.8 Å². The van der Waals surface area contributed by atoms with Gasteiger partial charge in [-0.05, 0) is 18.6 Å². The van der Waals surface area contributed by atoms with E-state index in [2.05, 4.69) is 0 Å². The van der Waals surface area contributed by atoms with Crippen molar-refractivity contribution in [1.82, 2.24) is 0 Å². The second-order valence-corrected chi connectivity index (χ2v) is 4.98. The van der Waals surface area contributed by atoms with Gasteiger partial charge in [-0.3, -0.25) is 9.59 Å². The van der Waals surface area contributed by atoms with Gasteiger partial charge in [0.2, 0.25) is 5.91 Å². The van der Waals surface area contributed by atoms with Gasteiger partial charge in [0.25, 0.3) is 5.91 Å². The molecule has 1 heterocycles. The number of fused-ring (bicyclic) bond motifs is 1. The van der Waals surface area contributed by atoms with Crippen molar-refractivity contribution in [2.45, 2.75) is 18.1 Å². The first-order chi connectivity index (χ1) is 9.54. The maximum atomic E-state index is 13.1. The van der Waals surface area contributed by atoms with Crippen LogP contribution in [0, 0.1) is 5.82 Å². The van der Waals surface area contributed by atoms with Crippen LogP contribution >= 0.6 is 12.0 Å².